The second-order valence-corrected chi connectivity index (χ2v) is 13.1. The van der Waals surface area contributed by atoms with E-state index in [0.717, 1.165) is 11.1 Å². The lowest BCUT2D eigenvalue weighted by Crippen LogP contribution is -2.70. The summed E-state index contributed by atoms with van der Waals surface area (Å²) in [6, 6.07) is 8.85. The van der Waals surface area contributed by atoms with E-state index in [1.807, 2.05) is 53.7 Å². The van der Waals surface area contributed by atoms with Gasteiger partial charge in [0.1, 0.15) is 17.5 Å². The van der Waals surface area contributed by atoms with Gasteiger partial charge in [0, 0.05) is 17.6 Å². The third-order valence-electron chi connectivity index (χ3n) is 9.38. The predicted octanol–water partition coefficient (Wildman–Crippen LogP) is 7.06. The molecule has 0 saturated heterocycles. The van der Waals surface area contributed by atoms with Gasteiger partial charge in [0.05, 0.1) is 5.41 Å². The van der Waals surface area contributed by atoms with Crippen molar-refractivity contribution in [2.45, 2.75) is 92.8 Å². The van der Waals surface area contributed by atoms with Gasteiger partial charge in [-0.1, -0.05) is 67.5 Å². The lowest BCUT2D eigenvalue weighted by Gasteiger charge is -2.62. The van der Waals surface area contributed by atoms with Gasteiger partial charge >= 0.3 is 0 Å². The third kappa shape index (κ3) is 4.27. The van der Waals surface area contributed by atoms with Crippen LogP contribution in [-0.4, -0.2) is 34.3 Å². The van der Waals surface area contributed by atoms with Gasteiger partial charge < -0.3 is 4.74 Å². The molecule has 1 aliphatic heterocycles. The summed E-state index contributed by atoms with van der Waals surface area (Å²) >= 11 is 0. The van der Waals surface area contributed by atoms with Crippen molar-refractivity contribution >= 4 is 17.3 Å². The molecule has 1 unspecified atom stereocenters. The van der Waals surface area contributed by atoms with E-state index in [1.54, 1.807) is 38.1 Å². The van der Waals surface area contributed by atoms with E-state index in [1.165, 1.54) is 0 Å². The van der Waals surface area contributed by atoms with Crippen molar-refractivity contribution in [1.82, 2.24) is 0 Å². The summed E-state index contributed by atoms with van der Waals surface area (Å²) in [4.78, 5) is 49.3. The Morgan fingerprint density at radius 3 is 2.21 bits per heavy atom. The van der Waals surface area contributed by atoms with E-state index in [-0.39, 0.29) is 47.4 Å². The summed E-state index contributed by atoms with van der Waals surface area (Å²) in [6.07, 6.45) is 4.47. The number of carbonyl (C=O) groups is 3. The standard InChI is InChI=1S/C33H42O6/c1-20(2)14-15-23-19-32(17-16-21(3)4)27(35)24-18-25(39-37)31(7,8)38-28(24)33(29(32)36,30(23,5)6)26(34)22-12-10-9-11-13-22/h9-14,16,23,25,37H,15,17-19H2,1-8H3/t23-,25?,32-,33+/m0/s1. The molecule has 2 bridgehead atoms. The summed E-state index contributed by atoms with van der Waals surface area (Å²) in [5, 5.41) is 9.75. The Kier molecular flexibility index (Phi) is 7.46. The first-order chi connectivity index (χ1) is 18.2. The van der Waals surface area contributed by atoms with E-state index >= 15 is 4.79 Å². The lowest BCUT2D eigenvalue weighted by molar-refractivity contribution is -0.317. The summed E-state index contributed by atoms with van der Waals surface area (Å²) in [5.74, 6) is -1.04. The van der Waals surface area contributed by atoms with Crippen molar-refractivity contribution in [2.75, 3.05) is 0 Å². The zero-order chi connectivity index (χ0) is 29.0. The second-order valence-electron chi connectivity index (χ2n) is 13.1. The minimum Gasteiger partial charge on any atom is -0.487 e. The van der Waals surface area contributed by atoms with Crippen LogP contribution in [0.15, 0.2) is 65.0 Å². The largest absolute Gasteiger partial charge is 0.487 e. The molecule has 3 aliphatic rings. The van der Waals surface area contributed by atoms with Gasteiger partial charge in [-0.25, -0.2) is 4.89 Å². The number of fused-ring (bicyclic) bond motifs is 3. The highest BCUT2D eigenvalue weighted by Gasteiger charge is 2.76. The molecule has 1 heterocycles. The smallest absolute Gasteiger partial charge is 0.184 e. The predicted molar refractivity (Wildman–Crippen MR) is 150 cm³/mol. The van der Waals surface area contributed by atoms with Crippen LogP contribution in [0.4, 0.5) is 0 Å². The number of carbonyl (C=O) groups excluding carboxylic acids is 3. The highest BCUT2D eigenvalue weighted by Crippen LogP contribution is 2.68. The average Bonchev–Trinajstić information content (AvgIpc) is 2.87. The monoisotopic (exact) mass is 534 g/mol. The maximum Gasteiger partial charge on any atom is 0.184 e. The fraction of sp³-hybridized carbons (Fsp3) is 0.545. The molecule has 4 rings (SSSR count). The minimum absolute atomic E-state index is 0.0556. The van der Waals surface area contributed by atoms with Crippen LogP contribution in [-0.2, 0) is 19.2 Å². The summed E-state index contributed by atoms with van der Waals surface area (Å²) < 4.78 is 6.54. The molecule has 210 valence electrons. The van der Waals surface area contributed by atoms with Crippen molar-refractivity contribution in [2.24, 2.45) is 22.2 Å². The Labute approximate surface area is 232 Å². The molecule has 6 heteroatoms. The van der Waals surface area contributed by atoms with Crippen molar-refractivity contribution in [1.29, 1.82) is 0 Å². The molecule has 0 amide bonds. The number of benzene rings is 1. The van der Waals surface area contributed by atoms with Gasteiger partial charge in [-0.3, -0.25) is 19.6 Å². The molecule has 1 aromatic rings. The van der Waals surface area contributed by atoms with Gasteiger partial charge in [0.15, 0.2) is 22.8 Å². The Bertz CT molecular complexity index is 1270. The van der Waals surface area contributed by atoms with Crippen LogP contribution in [0.3, 0.4) is 0 Å². The number of allylic oxidation sites excluding steroid dienone is 5. The third-order valence-corrected chi connectivity index (χ3v) is 9.38. The molecule has 2 aliphatic carbocycles. The first-order valence-corrected chi connectivity index (χ1v) is 13.9. The van der Waals surface area contributed by atoms with E-state index < -0.39 is 27.9 Å². The maximum atomic E-state index is 15.1. The van der Waals surface area contributed by atoms with Crippen molar-refractivity contribution in [3.63, 3.8) is 0 Å². The molecular formula is C33H42O6. The van der Waals surface area contributed by atoms with Crippen LogP contribution < -0.4 is 0 Å². The van der Waals surface area contributed by atoms with E-state index in [4.69, 9.17) is 9.62 Å². The van der Waals surface area contributed by atoms with Gasteiger partial charge in [-0.05, 0) is 72.1 Å². The van der Waals surface area contributed by atoms with Crippen LogP contribution in [0, 0.1) is 22.2 Å². The molecule has 39 heavy (non-hydrogen) atoms. The molecule has 1 aromatic carbocycles. The Balaban J connectivity index is 2.13. The average molecular weight is 535 g/mol. The highest BCUT2D eigenvalue weighted by atomic mass is 17.1. The zero-order valence-electron chi connectivity index (χ0n) is 24.5. The van der Waals surface area contributed by atoms with E-state index in [9.17, 15) is 14.8 Å². The molecule has 4 atom stereocenters. The normalized spacial score (nSPS) is 30.7. The Morgan fingerprint density at radius 2 is 1.64 bits per heavy atom. The quantitative estimate of drug-likeness (QED) is 0.132. The van der Waals surface area contributed by atoms with Crippen molar-refractivity contribution in [3.05, 3.63) is 70.5 Å². The van der Waals surface area contributed by atoms with Crippen molar-refractivity contribution in [3.8, 4) is 0 Å². The second kappa shape index (κ2) is 9.97. The molecule has 0 aromatic heterocycles. The summed E-state index contributed by atoms with van der Waals surface area (Å²) in [6.45, 7) is 15.4. The van der Waals surface area contributed by atoms with Crippen LogP contribution >= 0.6 is 0 Å². The van der Waals surface area contributed by atoms with E-state index in [2.05, 4.69) is 6.08 Å². The Morgan fingerprint density at radius 1 is 1.03 bits per heavy atom. The number of hydrogen-bond donors (Lipinski definition) is 1. The van der Waals surface area contributed by atoms with Crippen LogP contribution in [0.2, 0.25) is 0 Å². The number of ketones is 3. The molecule has 1 saturated carbocycles. The highest BCUT2D eigenvalue weighted by molar-refractivity contribution is 6.30. The molecule has 0 radical (unpaired) electrons. The van der Waals surface area contributed by atoms with Crippen LogP contribution in [0.25, 0.3) is 0 Å². The van der Waals surface area contributed by atoms with Crippen LogP contribution in [0.1, 0.15) is 91.4 Å². The maximum absolute atomic E-state index is 15.1. The topological polar surface area (TPSA) is 89.9 Å². The summed E-state index contributed by atoms with van der Waals surface area (Å²) in [5.41, 5.74) is -2.28. The number of ether oxygens (including phenoxy) is 1. The Hall–Kier alpha value is -2.83. The minimum atomic E-state index is -1.72. The lowest BCUT2D eigenvalue weighted by atomic mass is 9.39. The van der Waals surface area contributed by atoms with Crippen LogP contribution in [0.5, 0.6) is 0 Å². The van der Waals surface area contributed by atoms with Gasteiger partial charge in [-0.2, -0.15) is 0 Å². The number of Topliss-reactive ketones (excluding diaryl/α,β-unsaturated/α-hetero) is 3. The molecule has 1 fully saturated rings. The number of hydrogen-bond acceptors (Lipinski definition) is 6. The van der Waals surface area contributed by atoms with Gasteiger partial charge in [0.25, 0.3) is 0 Å². The van der Waals surface area contributed by atoms with Gasteiger partial charge in [0.2, 0.25) is 0 Å². The van der Waals surface area contributed by atoms with Gasteiger partial charge in [-0.15, -0.1) is 0 Å². The molecule has 1 N–H and O–H groups in total. The first kappa shape index (κ1) is 29.2. The molecule has 0 spiro atoms. The SMILES string of the molecule is CC(C)=CC[C@H]1C[C@@]2(CC=C(C)C)C(=O)C3=C(OC(C)(C)C(OO)C3)[C@](C(=O)c3ccccc3)(C2=O)C1(C)C. The zero-order valence-corrected chi connectivity index (χ0v) is 24.5. The van der Waals surface area contributed by atoms with Crippen molar-refractivity contribution < 1.29 is 29.3 Å². The fourth-order valence-corrected chi connectivity index (χ4v) is 6.89. The number of rotatable bonds is 7. The summed E-state index contributed by atoms with van der Waals surface area (Å²) in [7, 11) is 0. The molecule has 6 nitrogen and oxygen atoms in total. The first-order valence-electron chi connectivity index (χ1n) is 13.9. The molecular weight excluding hydrogens is 492 g/mol. The van der Waals surface area contributed by atoms with E-state index in [0.29, 0.717) is 18.4 Å². The fourth-order valence-electron chi connectivity index (χ4n) is 6.89.